The average molecular weight is 329 g/mol. The number of phenols is 1. The van der Waals surface area contributed by atoms with Gasteiger partial charge in [0.15, 0.2) is 11.5 Å². The number of nitro groups is 1. The number of nitrogens with one attached hydrogen (secondary N) is 1. The number of aromatic hydroxyl groups is 1. The number of carbonyl (C=O) groups excluding carboxylic acids is 1. The topological polar surface area (TPSA) is 114 Å². The zero-order valence-corrected chi connectivity index (χ0v) is 13.0. The van der Waals surface area contributed by atoms with Crippen LogP contribution in [0.3, 0.4) is 0 Å². The van der Waals surface area contributed by atoms with Crippen molar-refractivity contribution in [2.75, 3.05) is 7.11 Å². The third-order valence-electron chi connectivity index (χ3n) is 3.27. The molecule has 2 aromatic carbocycles. The molecular formula is C16H15N3O5. The van der Waals surface area contributed by atoms with E-state index in [0.29, 0.717) is 11.3 Å². The molecule has 0 aliphatic carbocycles. The lowest BCUT2D eigenvalue weighted by atomic mass is 10.1. The lowest BCUT2D eigenvalue weighted by Crippen LogP contribution is -2.20. The second kappa shape index (κ2) is 7.23. The van der Waals surface area contributed by atoms with E-state index in [1.165, 1.54) is 37.4 Å². The SMILES string of the molecule is COc1cc(C(C)=NNC(=O)c2ccccc2[N+](=O)[O-])ccc1O. The molecular weight excluding hydrogens is 314 g/mol. The fourth-order valence-corrected chi connectivity index (χ4v) is 1.99. The van der Waals surface area contributed by atoms with Crippen molar-refractivity contribution in [3.63, 3.8) is 0 Å². The molecule has 0 unspecified atom stereocenters. The summed E-state index contributed by atoms with van der Waals surface area (Å²) in [6.45, 7) is 1.64. The maximum Gasteiger partial charge on any atom is 0.282 e. The Labute approximate surface area is 137 Å². The van der Waals surface area contributed by atoms with E-state index >= 15 is 0 Å². The average Bonchev–Trinajstić information content (AvgIpc) is 2.59. The number of ether oxygens (including phenoxy) is 1. The Hall–Kier alpha value is -3.42. The summed E-state index contributed by atoms with van der Waals surface area (Å²) in [5, 5.41) is 24.4. The third kappa shape index (κ3) is 3.67. The van der Waals surface area contributed by atoms with E-state index in [4.69, 9.17) is 4.74 Å². The van der Waals surface area contributed by atoms with E-state index in [9.17, 15) is 20.0 Å². The number of nitrogens with zero attached hydrogens (tertiary/aromatic N) is 2. The minimum atomic E-state index is -0.688. The van der Waals surface area contributed by atoms with Gasteiger partial charge in [0.2, 0.25) is 0 Å². The first-order valence-corrected chi connectivity index (χ1v) is 6.89. The number of para-hydroxylation sites is 1. The predicted octanol–water partition coefficient (Wildman–Crippen LogP) is 2.46. The van der Waals surface area contributed by atoms with Crippen molar-refractivity contribution in [1.82, 2.24) is 5.43 Å². The van der Waals surface area contributed by atoms with Gasteiger partial charge >= 0.3 is 0 Å². The van der Waals surface area contributed by atoms with Crippen LogP contribution in [0.4, 0.5) is 5.69 Å². The Morgan fingerprint density at radius 3 is 2.67 bits per heavy atom. The zero-order chi connectivity index (χ0) is 17.7. The molecule has 0 saturated carbocycles. The van der Waals surface area contributed by atoms with Crippen LogP contribution in [-0.2, 0) is 0 Å². The number of hydrogen-bond donors (Lipinski definition) is 2. The highest BCUT2D eigenvalue weighted by molar-refractivity contribution is 6.02. The van der Waals surface area contributed by atoms with Gasteiger partial charge in [-0.3, -0.25) is 14.9 Å². The molecule has 124 valence electrons. The minimum absolute atomic E-state index is 0.0157. The number of hydrogen-bond acceptors (Lipinski definition) is 6. The van der Waals surface area contributed by atoms with Crippen molar-refractivity contribution in [2.24, 2.45) is 5.10 Å². The second-order valence-electron chi connectivity index (χ2n) is 4.80. The van der Waals surface area contributed by atoms with Gasteiger partial charge in [-0.15, -0.1) is 0 Å². The first-order valence-electron chi connectivity index (χ1n) is 6.89. The van der Waals surface area contributed by atoms with Crippen LogP contribution >= 0.6 is 0 Å². The van der Waals surface area contributed by atoms with Gasteiger partial charge in [-0.05, 0) is 31.2 Å². The van der Waals surface area contributed by atoms with Crippen molar-refractivity contribution in [3.8, 4) is 11.5 Å². The molecule has 1 amide bonds. The van der Waals surface area contributed by atoms with E-state index in [0.717, 1.165) is 0 Å². The summed E-state index contributed by atoms with van der Waals surface area (Å²) >= 11 is 0. The molecule has 2 N–H and O–H groups in total. The summed E-state index contributed by atoms with van der Waals surface area (Å²) in [6.07, 6.45) is 0. The Morgan fingerprint density at radius 2 is 2.00 bits per heavy atom. The standard InChI is InChI=1S/C16H15N3O5/c1-10(11-7-8-14(20)15(9-11)24-2)17-18-16(21)12-5-3-4-6-13(12)19(22)23/h3-9,20H,1-2H3,(H,18,21). The third-order valence-corrected chi connectivity index (χ3v) is 3.27. The molecule has 0 radical (unpaired) electrons. The van der Waals surface area contributed by atoms with Gasteiger partial charge in [-0.25, -0.2) is 5.43 Å². The van der Waals surface area contributed by atoms with Gasteiger partial charge in [0.25, 0.3) is 11.6 Å². The smallest absolute Gasteiger partial charge is 0.282 e. The molecule has 0 heterocycles. The summed E-state index contributed by atoms with van der Waals surface area (Å²) in [5.41, 5.74) is 2.97. The van der Waals surface area contributed by atoms with Gasteiger partial charge in [-0.2, -0.15) is 5.10 Å². The molecule has 0 saturated heterocycles. The Kier molecular flexibility index (Phi) is 5.10. The van der Waals surface area contributed by atoms with Crippen LogP contribution in [0.15, 0.2) is 47.6 Å². The minimum Gasteiger partial charge on any atom is -0.504 e. The Bertz CT molecular complexity index is 817. The van der Waals surface area contributed by atoms with Gasteiger partial charge in [0.1, 0.15) is 5.56 Å². The monoisotopic (exact) mass is 329 g/mol. The van der Waals surface area contributed by atoms with Crippen LogP contribution in [0.1, 0.15) is 22.8 Å². The number of methoxy groups -OCH3 is 1. The van der Waals surface area contributed by atoms with E-state index in [2.05, 4.69) is 10.5 Å². The largest absolute Gasteiger partial charge is 0.504 e. The van der Waals surface area contributed by atoms with E-state index in [-0.39, 0.29) is 22.7 Å². The van der Waals surface area contributed by atoms with E-state index < -0.39 is 10.8 Å². The number of hydrazone groups is 1. The first-order chi connectivity index (χ1) is 11.4. The highest BCUT2D eigenvalue weighted by Gasteiger charge is 2.18. The lowest BCUT2D eigenvalue weighted by molar-refractivity contribution is -0.385. The van der Waals surface area contributed by atoms with Crippen LogP contribution in [0.2, 0.25) is 0 Å². The number of nitro benzene ring substituents is 1. The summed E-state index contributed by atoms with van der Waals surface area (Å²) in [4.78, 5) is 22.4. The Morgan fingerprint density at radius 1 is 1.29 bits per heavy atom. The first kappa shape index (κ1) is 16.9. The summed E-state index contributed by atoms with van der Waals surface area (Å²) < 4.78 is 5.01. The number of rotatable bonds is 5. The van der Waals surface area contributed by atoms with E-state index in [1.54, 1.807) is 19.1 Å². The van der Waals surface area contributed by atoms with Gasteiger partial charge in [-0.1, -0.05) is 12.1 Å². The molecule has 0 aromatic heterocycles. The zero-order valence-electron chi connectivity index (χ0n) is 13.0. The van der Waals surface area contributed by atoms with Gasteiger partial charge in [0, 0.05) is 11.6 Å². The van der Waals surface area contributed by atoms with Crippen molar-refractivity contribution in [2.45, 2.75) is 6.92 Å². The van der Waals surface area contributed by atoms with Crippen molar-refractivity contribution in [3.05, 3.63) is 63.7 Å². The van der Waals surface area contributed by atoms with Crippen molar-refractivity contribution < 1.29 is 19.6 Å². The molecule has 0 aliphatic heterocycles. The quantitative estimate of drug-likeness (QED) is 0.497. The van der Waals surface area contributed by atoms with Crippen LogP contribution in [0.25, 0.3) is 0 Å². The van der Waals surface area contributed by atoms with Crippen LogP contribution in [0.5, 0.6) is 11.5 Å². The lowest BCUT2D eigenvalue weighted by Gasteiger charge is -2.07. The summed E-state index contributed by atoms with van der Waals surface area (Å²) in [7, 11) is 1.42. The van der Waals surface area contributed by atoms with Crippen molar-refractivity contribution >= 4 is 17.3 Å². The molecule has 8 nitrogen and oxygen atoms in total. The number of amides is 1. The maximum absolute atomic E-state index is 12.1. The van der Waals surface area contributed by atoms with E-state index in [1.807, 2.05) is 0 Å². The normalized spacial score (nSPS) is 11.0. The molecule has 0 fully saturated rings. The van der Waals surface area contributed by atoms with Crippen LogP contribution in [-0.4, -0.2) is 28.8 Å². The maximum atomic E-state index is 12.1. The highest BCUT2D eigenvalue weighted by Crippen LogP contribution is 2.26. The van der Waals surface area contributed by atoms with Crippen molar-refractivity contribution in [1.29, 1.82) is 0 Å². The summed E-state index contributed by atoms with van der Waals surface area (Å²) in [6, 6.07) is 10.2. The van der Waals surface area contributed by atoms with Gasteiger partial charge in [0.05, 0.1) is 17.7 Å². The number of carbonyl (C=O) groups is 1. The number of benzene rings is 2. The predicted molar refractivity (Wildman–Crippen MR) is 87.4 cm³/mol. The molecule has 0 spiro atoms. The highest BCUT2D eigenvalue weighted by atomic mass is 16.6. The molecule has 0 aliphatic rings. The molecule has 2 aromatic rings. The fourth-order valence-electron chi connectivity index (χ4n) is 1.99. The van der Waals surface area contributed by atoms with Gasteiger partial charge < -0.3 is 9.84 Å². The molecule has 8 heteroatoms. The molecule has 2 rings (SSSR count). The van der Waals surface area contributed by atoms with Crippen LogP contribution < -0.4 is 10.2 Å². The molecule has 0 atom stereocenters. The number of phenolic OH excluding ortho intramolecular Hbond substituents is 1. The molecule has 0 bridgehead atoms. The molecule has 24 heavy (non-hydrogen) atoms. The Balaban J connectivity index is 2.21. The van der Waals surface area contributed by atoms with Crippen LogP contribution in [0, 0.1) is 10.1 Å². The fraction of sp³-hybridized carbons (Fsp3) is 0.125. The second-order valence-corrected chi connectivity index (χ2v) is 4.80. The summed E-state index contributed by atoms with van der Waals surface area (Å²) in [5.74, 6) is -0.433.